The Kier molecular flexibility index (Phi) is 4.17. The van der Waals surface area contributed by atoms with Gasteiger partial charge in [-0.05, 0) is 31.0 Å². The smallest absolute Gasteiger partial charge is 0.251 e. The molecular weight excluding hydrogens is 260 g/mol. The second kappa shape index (κ2) is 5.67. The van der Waals surface area contributed by atoms with Crippen LogP contribution in [0.5, 0.6) is 0 Å². The van der Waals surface area contributed by atoms with Crippen LogP contribution < -0.4 is 5.32 Å². The van der Waals surface area contributed by atoms with Gasteiger partial charge in [-0.1, -0.05) is 13.8 Å². The van der Waals surface area contributed by atoms with Gasteiger partial charge in [0.25, 0.3) is 5.91 Å². The van der Waals surface area contributed by atoms with Crippen molar-refractivity contribution in [1.29, 1.82) is 0 Å². The summed E-state index contributed by atoms with van der Waals surface area (Å²) in [5, 5.41) is 12.9. The molecule has 2 rings (SSSR count). The van der Waals surface area contributed by atoms with Gasteiger partial charge in [-0.3, -0.25) is 4.79 Å². The Bertz CT molecular complexity index is 576. The number of hydrogen-bond acceptors (Lipinski definition) is 4. The SMILES string of the molecule is CCC(O)(CC)CNC(=O)c1ccc2ncsc2c1. The van der Waals surface area contributed by atoms with Crippen LogP contribution >= 0.6 is 11.3 Å². The fourth-order valence-electron chi connectivity index (χ4n) is 1.84. The number of aromatic nitrogens is 1. The standard InChI is InChI=1S/C14H18N2O2S/c1-3-14(18,4-2)8-15-13(17)10-5-6-11-12(7-10)19-9-16-11/h5-7,9,18H,3-4,8H2,1-2H3,(H,15,17). The summed E-state index contributed by atoms with van der Waals surface area (Å²) in [7, 11) is 0. The summed E-state index contributed by atoms with van der Waals surface area (Å²) >= 11 is 1.51. The molecule has 0 fully saturated rings. The van der Waals surface area contributed by atoms with Crippen LogP contribution in [0.1, 0.15) is 37.0 Å². The van der Waals surface area contributed by atoms with E-state index < -0.39 is 5.60 Å². The lowest BCUT2D eigenvalue weighted by atomic mass is 9.97. The van der Waals surface area contributed by atoms with E-state index in [9.17, 15) is 9.90 Å². The Morgan fingerprint density at radius 3 is 2.84 bits per heavy atom. The van der Waals surface area contributed by atoms with E-state index in [0.717, 1.165) is 10.2 Å². The minimum atomic E-state index is -0.815. The van der Waals surface area contributed by atoms with Gasteiger partial charge in [0.15, 0.2) is 0 Å². The lowest BCUT2D eigenvalue weighted by molar-refractivity contribution is 0.0314. The first kappa shape index (κ1) is 14.0. The van der Waals surface area contributed by atoms with Crippen molar-refractivity contribution < 1.29 is 9.90 Å². The Balaban J connectivity index is 2.07. The minimum Gasteiger partial charge on any atom is -0.388 e. The maximum atomic E-state index is 12.1. The van der Waals surface area contributed by atoms with Crippen LogP contribution in [0.25, 0.3) is 10.2 Å². The number of nitrogens with zero attached hydrogens (tertiary/aromatic N) is 1. The molecular formula is C14H18N2O2S. The Morgan fingerprint density at radius 1 is 1.42 bits per heavy atom. The molecule has 0 radical (unpaired) electrons. The number of carbonyl (C=O) groups is 1. The molecule has 102 valence electrons. The Hall–Kier alpha value is -1.46. The van der Waals surface area contributed by atoms with E-state index in [-0.39, 0.29) is 12.5 Å². The quantitative estimate of drug-likeness (QED) is 0.883. The first-order valence-corrected chi connectivity index (χ1v) is 7.30. The summed E-state index contributed by atoms with van der Waals surface area (Å²) in [5.74, 6) is -0.157. The Morgan fingerprint density at radius 2 is 2.16 bits per heavy atom. The average Bonchev–Trinajstić information content (AvgIpc) is 2.91. The highest BCUT2D eigenvalue weighted by atomic mass is 32.1. The highest BCUT2D eigenvalue weighted by molar-refractivity contribution is 7.16. The van der Waals surface area contributed by atoms with E-state index in [0.29, 0.717) is 18.4 Å². The number of aliphatic hydroxyl groups is 1. The maximum Gasteiger partial charge on any atom is 0.251 e. The number of fused-ring (bicyclic) bond motifs is 1. The molecule has 1 amide bonds. The normalized spacial score (nSPS) is 11.7. The molecule has 0 aliphatic carbocycles. The van der Waals surface area contributed by atoms with Crippen LogP contribution in [0.15, 0.2) is 23.7 Å². The number of benzene rings is 1. The van der Waals surface area contributed by atoms with Gasteiger partial charge in [0, 0.05) is 12.1 Å². The first-order valence-electron chi connectivity index (χ1n) is 6.42. The average molecular weight is 278 g/mol. The van der Waals surface area contributed by atoms with Gasteiger partial charge >= 0.3 is 0 Å². The topological polar surface area (TPSA) is 62.2 Å². The maximum absolute atomic E-state index is 12.1. The molecule has 0 saturated carbocycles. The van der Waals surface area contributed by atoms with Crippen molar-refractivity contribution in [3.05, 3.63) is 29.3 Å². The number of nitrogens with one attached hydrogen (secondary N) is 1. The molecule has 0 aliphatic heterocycles. The molecule has 0 bridgehead atoms. The van der Waals surface area contributed by atoms with Gasteiger partial charge in [0.05, 0.1) is 21.3 Å². The largest absolute Gasteiger partial charge is 0.388 e. The van der Waals surface area contributed by atoms with Crippen molar-refractivity contribution in [2.75, 3.05) is 6.54 Å². The zero-order valence-corrected chi connectivity index (χ0v) is 12.0. The highest BCUT2D eigenvalue weighted by Gasteiger charge is 2.23. The minimum absolute atomic E-state index is 0.157. The molecule has 1 aromatic heterocycles. The molecule has 1 heterocycles. The van der Waals surface area contributed by atoms with Gasteiger partial charge < -0.3 is 10.4 Å². The number of rotatable bonds is 5. The van der Waals surface area contributed by atoms with E-state index in [1.807, 2.05) is 26.0 Å². The molecule has 2 N–H and O–H groups in total. The van der Waals surface area contributed by atoms with Crippen molar-refractivity contribution in [2.24, 2.45) is 0 Å². The van der Waals surface area contributed by atoms with E-state index in [1.54, 1.807) is 11.6 Å². The molecule has 2 aromatic rings. The monoisotopic (exact) mass is 278 g/mol. The second-order valence-corrected chi connectivity index (χ2v) is 5.54. The van der Waals surface area contributed by atoms with Crippen molar-refractivity contribution in [3.8, 4) is 0 Å². The third-order valence-electron chi connectivity index (χ3n) is 3.49. The highest BCUT2D eigenvalue weighted by Crippen LogP contribution is 2.19. The zero-order chi connectivity index (χ0) is 13.9. The van der Waals surface area contributed by atoms with Gasteiger partial charge in [-0.15, -0.1) is 11.3 Å². The van der Waals surface area contributed by atoms with Crippen LogP contribution in [0.2, 0.25) is 0 Å². The van der Waals surface area contributed by atoms with E-state index >= 15 is 0 Å². The van der Waals surface area contributed by atoms with E-state index in [4.69, 9.17) is 0 Å². The van der Waals surface area contributed by atoms with Gasteiger partial charge in [0.2, 0.25) is 0 Å². The van der Waals surface area contributed by atoms with Crippen molar-refractivity contribution in [1.82, 2.24) is 10.3 Å². The summed E-state index contributed by atoms with van der Waals surface area (Å²) in [6.45, 7) is 4.11. The second-order valence-electron chi connectivity index (χ2n) is 4.65. The number of amides is 1. The van der Waals surface area contributed by atoms with Crippen LogP contribution in [0.4, 0.5) is 0 Å². The zero-order valence-electron chi connectivity index (χ0n) is 11.1. The molecule has 19 heavy (non-hydrogen) atoms. The fraction of sp³-hybridized carbons (Fsp3) is 0.429. The summed E-state index contributed by atoms with van der Waals surface area (Å²) in [4.78, 5) is 16.2. The lowest BCUT2D eigenvalue weighted by Crippen LogP contribution is -2.42. The predicted octanol–water partition coefficient (Wildman–Crippen LogP) is 2.58. The summed E-state index contributed by atoms with van der Waals surface area (Å²) in [5.41, 5.74) is 2.45. The molecule has 5 heteroatoms. The van der Waals surface area contributed by atoms with Crippen molar-refractivity contribution in [2.45, 2.75) is 32.3 Å². The van der Waals surface area contributed by atoms with E-state index in [2.05, 4.69) is 10.3 Å². The molecule has 1 aromatic carbocycles. The lowest BCUT2D eigenvalue weighted by Gasteiger charge is -2.25. The summed E-state index contributed by atoms with van der Waals surface area (Å²) < 4.78 is 0.994. The van der Waals surface area contributed by atoms with Gasteiger partial charge in [-0.25, -0.2) is 4.98 Å². The molecule has 0 aliphatic rings. The number of thiazole rings is 1. The van der Waals surface area contributed by atoms with Crippen LogP contribution in [-0.4, -0.2) is 28.1 Å². The first-order chi connectivity index (χ1) is 9.08. The molecule has 4 nitrogen and oxygen atoms in total. The van der Waals surface area contributed by atoms with Crippen molar-refractivity contribution in [3.63, 3.8) is 0 Å². The molecule has 0 unspecified atom stereocenters. The molecule has 0 atom stereocenters. The van der Waals surface area contributed by atoms with Crippen molar-refractivity contribution >= 4 is 27.5 Å². The summed E-state index contributed by atoms with van der Waals surface area (Å²) in [6.07, 6.45) is 1.25. The predicted molar refractivity (Wildman–Crippen MR) is 77.5 cm³/mol. The van der Waals surface area contributed by atoms with Gasteiger partial charge in [-0.2, -0.15) is 0 Å². The van der Waals surface area contributed by atoms with Crippen LogP contribution in [0, 0.1) is 0 Å². The third kappa shape index (κ3) is 3.11. The van der Waals surface area contributed by atoms with E-state index in [1.165, 1.54) is 11.3 Å². The third-order valence-corrected chi connectivity index (χ3v) is 4.28. The summed E-state index contributed by atoms with van der Waals surface area (Å²) in [6, 6.07) is 5.43. The fourth-order valence-corrected chi connectivity index (χ4v) is 2.56. The van der Waals surface area contributed by atoms with Crippen LogP contribution in [0.3, 0.4) is 0 Å². The van der Waals surface area contributed by atoms with Crippen LogP contribution in [-0.2, 0) is 0 Å². The Labute approximate surface area is 116 Å². The van der Waals surface area contributed by atoms with Gasteiger partial charge in [0.1, 0.15) is 0 Å². The number of hydrogen-bond donors (Lipinski definition) is 2. The molecule has 0 saturated heterocycles. The molecule has 0 spiro atoms. The number of carbonyl (C=O) groups excluding carboxylic acids is 1.